The fourth-order valence-corrected chi connectivity index (χ4v) is 2.72. The zero-order valence-electron chi connectivity index (χ0n) is 9.93. The molecule has 2 aromatic rings. The van der Waals surface area contributed by atoms with Crippen LogP contribution < -0.4 is 10.6 Å². The lowest BCUT2D eigenvalue weighted by Gasteiger charge is -2.07. The summed E-state index contributed by atoms with van der Waals surface area (Å²) in [7, 11) is 0. The molecule has 0 amide bonds. The maximum absolute atomic E-state index is 11.8. The van der Waals surface area contributed by atoms with Crippen LogP contribution in [0.1, 0.15) is 12.8 Å². The van der Waals surface area contributed by atoms with Crippen molar-refractivity contribution in [1.29, 1.82) is 0 Å². The number of thiazole rings is 1. The van der Waals surface area contributed by atoms with E-state index in [9.17, 15) is 4.79 Å². The Kier molecular flexibility index (Phi) is 4.58. The largest absolute Gasteiger partial charge is 0.330 e. The number of nitrogens with zero attached hydrogens (tertiary/aromatic N) is 1. The van der Waals surface area contributed by atoms with Crippen LogP contribution in [0.15, 0.2) is 34.4 Å². The monoisotopic (exact) mass is 282 g/mol. The minimum Gasteiger partial charge on any atom is -0.330 e. The minimum atomic E-state index is 0.0805. The van der Waals surface area contributed by atoms with Crippen molar-refractivity contribution in [3.63, 3.8) is 0 Å². The molecule has 96 valence electrons. The summed E-state index contributed by atoms with van der Waals surface area (Å²) in [6.07, 6.45) is 1.86. The highest BCUT2D eigenvalue weighted by molar-refractivity contribution is 7.07. The van der Waals surface area contributed by atoms with Gasteiger partial charge in [-0.2, -0.15) is 0 Å². The van der Waals surface area contributed by atoms with Gasteiger partial charge in [0.2, 0.25) is 0 Å². The first-order chi connectivity index (χ1) is 8.72. The fraction of sp³-hybridized carbons (Fsp3) is 0.308. The highest BCUT2D eigenvalue weighted by Gasteiger charge is 2.08. The lowest BCUT2D eigenvalue weighted by Crippen LogP contribution is -2.15. The van der Waals surface area contributed by atoms with Crippen LogP contribution in [-0.2, 0) is 6.54 Å². The number of unbranched alkanes of at least 4 members (excludes halogenated alkanes) is 1. The molecule has 0 saturated carbocycles. The Balaban J connectivity index is 2.27. The first-order valence-corrected chi connectivity index (χ1v) is 7.12. The molecule has 0 aliphatic carbocycles. The van der Waals surface area contributed by atoms with Gasteiger partial charge in [-0.1, -0.05) is 35.1 Å². The van der Waals surface area contributed by atoms with Gasteiger partial charge in [-0.25, -0.2) is 0 Å². The zero-order valence-corrected chi connectivity index (χ0v) is 11.5. The summed E-state index contributed by atoms with van der Waals surface area (Å²) in [5.41, 5.74) is 7.45. The number of halogens is 1. The predicted molar refractivity (Wildman–Crippen MR) is 77.3 cm³/mol. The molecule has 1 aromatic heterocycles. The molecule has 2 N–H and O–H groups in total. The van der Waals surface area contributed by atoms with Crippen LogP contribution in [-0.4, -0.2) is 11.1 Å². The van der Waals surface area contributed by atoms with Crippen molar-refractivity contribution in [3.8, 4) is 11.3 Å². The molecule has 0 bridgehead atoms. The van der Waals surface area contributed by atoms with E-state index in [1.54, 1.807) is 0 Å². The van der Waals surface area contributed by atoms with Crippen LogP contribution in [0.25, 0.3) is 11.3 Å². The average molecular weight is 283 g/mol. The first kappa shape index (κ1) is 13.3. The van der Waals surface area contributed by atoms with Gasteiger partial charge >= 0.3 is 4.87 Å². The summed E-state index contributed by atoms with van der Waals surface area (Å²) in [5.74, 6) is 0. The van der Waals surface area contributed by atoms with Crippen molar-refractivity contribution in [2.75, 3.05) is 6.54 Å². The van der Waals surface area contributed by atoms with Gasteiger partial charge in [0.15, 0.2) is 0 Å². The Hall–Kier alpha value is -1.10. The number of hydrogen-bond acceptors (Lipinski definition) is 3. The lowest BCUT2D eigenvalue weighted by molar-refractivity contribution is 0.613. The summed E-state index contributed by atoms with van der Waals surface area (Å²) < 4.78 is 1.81. The molecule has 1 aromatic carbocycles. The van der Waals surface area contributed by atoms with Crippen molar-refractivity contribution >= 4 is 22.9 Å². The van der Waals surface area contributed by atoms with Gasteiger partial charge < -0.3 is 5.73 Å². The zero-order chi connectivity index (χ0) is 13.0. The maximum Gasteiger partial charge on any atom is 0.307 e. The molecule has 2 rings (SSSR count). The molecule has 0 unspecified atom stereocenters. The predicted octanol–water partition coefficient (Wildman–Crippen LogP) is 2.97. The van der Waals surface area contributed by atoms with Crippen LogP contribution in [0, 0.1) is 0 Å². The smallest absolute Gasteiger partial charge is 0.307 e. The van der Waals surface area contributed by atoms with Crippen LogP contribution in [0.2, 0.25) is 5.02 Å². The molecule has 0 spiro atoms. The van der Waals surface area contributed by atoms with Crippen molar-refractivity contribution in [3.05, 3.63) is 44.3 Å². The van der Waals surface area contributed by atoms with Gasteiger partial charge in [-0.15, -0.1) is 0 Å². The SMILES string of the molecule is NCCCCn1c(-c2ccc(Cl)cc2)csc1=O. The van der Waals surface area contributed by atoms with Gasteiger partial charge in [0.25, 0.3) is 0 Å². The molecular weight excluding hydrogens is 268 g/mol. The molecular formula is C13H15ClN2OS. The second-order valence-electron chi connectivity index (χ2n) is 4.04. The standard InChI is InChI=1S/C13H15ClN2OS/c14-11-5-3-10(4-6-11)12-9-18-13(17)16(12)8-2-1-7-15/h3-6,9H,1-2,7-8,15H2. The van der Waals surface area contributed by atoms with E-state index < -0.39 is 0 Å². The molecule has 0 atom stereocenters. The Morgan fingerprint density at radius 3 is 2.61 bits per heavy atom. The van der Waals surface area contributed by atoms with Gasteiger partial charge in [-0.3, -0.25) is 9.36 Å². The van der Waals surface area contributed by atoms with Crippen molar-refractivity contribution in [2.45, 2.75) is 19.4 Å². The van der Waals surface area contributed by atoms with Gasteiger partial charge in [0.05, 0.1) is 5.69 Å². The van der Waals surface area contributed by atoms with E-state index in [1.807, 2.05) is 34.2 Å². The quantitative estimate of drug-likeness (QED) is 0.857. The number of benzene rings is 1. The van der Waals surface area contributed by atoms with Crippen molar-refractivity contribution in [1.82, 2.24) is 4.57 Å². The lowest BCUT2D eigenvalue weighted by atomic mass is 10.1. The van der Waals surface area contributed by atoms with Gasteiger partial charge in [0, 0.05) is 16.9 Å². The van der Waals surface area contributed by atoms with Crippen LogP contribution in [0.5, 0.6) is 0 Å². The third-order valence-corrected chi connectivity index (χ3v) is 3.77. The van der Waals surface area contributed by atoms with Gasteiger partial charge in [-0.05, 0) is 37.1 Å². The summed E-state index contributed by atoms with van der Waals surface area (Å²) in [5, 5.41) is 2.60. The second-order valence-corrected chi connectivity index (χ2v) is 5.30. The topological polar surface area (TPSA) is 48.0 Å². The van der Waals surface area contributed by atoms with E-state index in [1.165, 1.54) is 11.3 Å². The molecule has 0 radical (unpaired) electrons. The molecule has 0 fully saturated rings. The van der Waals surface area contributed by atoms with E-state index in [-0.39, 0.29) is 4.87 Å². The number of aromatic nitrogens is 1. The summed E-state index contributed by atoms with van der Waals surface area (Å²) in [6.45, 7) is 1.38. The Labute approximate surface area is 115 Å². The third kappa shape index (κ3) is 3.02. The summed E-state index contributed by atoms with van der Waals surface area (Å²) in [4.78, 5) is 11.9. The highest BCUT2D eigenvalue weighted by Crippen LogP contribution is 2.22. The molecule has 0 aliphatic heterocycles. The Morgan fingerprint density at radius 2 is 1.94 bits per heavy atom. The van der Waals surface area contributed by atoms with E-state index in [4.69, 9.17) is 17.3 Å². The van der Waals surface area contributed by atoms with E-state index in [0.29, 0.717) is 11.6 Å². The Morgan fingerprint density at radius 1 is 1.22 bits per heavy atom. The summed E-state index contributed by atoms with van der Waals surface area (Å²) in [6, 6.07) is 7.54. The maximum atomic E-state index is 11.8. The Bertz CT molecular complexity index is 559. The van der Waals surface area contributed by atoms with Crippen LogP contribution in [0.4, 0.5) is 0 Å². The third-order valence-electron chi connectivity index (χ3n) is 2.76. The molecule has 3 nitrogen and oxygen atoms in total. The number of nitrogens with two attached hydrogens (primary N) is 1. The van der Waals surface area contributed by atoms with Crippen LogP contribution >= 0.6 is 22.9 Å². The molecule has 0 aliphatic rings. The highest BCUT2D eigenvalue weighted by atomic mass is 35.5. The normalized spacial score (nSPS) is 10.8. The van der Waals surface area contributed by atoms with Crippen molar-refractivity contribution < 1.29 is 0 Å². The van der Waals surface area contributed by atoms with E-state index in [2.05, 4.69) is 0 Å². The first-order valence-electron chi connectivity index (χ1n) is 5.86. The van der Waals surface area contributed by atoms with Gasteiger partial charge in [0.1, 0.15) is 0 Å². The number of hydrogen-bond donors (Lipinski definition) is 1. The van der Waals surface area contributed by atoms with Crippen LogP contribution in [0.3, 0.4) is 0 Å². The molecule has 5 heteroatoms. The average Bonchev–Trinajstić information content (AvgIpc) is 2.73. The number of rotatable bonds is 5. The summed E-state index contributed by atoms with van der Waals surface area (Å²) >= 11 is 7.10. The van der Waals surface area contributed by atoms with E-state index >= 15 is 0 Å². The second kappa shape index (κ2) is 6.18. The molecule has 0 saturated heterocycles. The van der Waals surface area contributed by atoms with E-state index in [0.717, 1.165) is 30.6 Å². The molecule has 18 heavy (non-hydrogen) atoms. The van der Waals surface area contributed by atoms with Crippen molar-refractivity contribution in [2.24, 2.45) is 5.73 Å². The fourth-order valence-electron chi connectivity index (χ4n) is 1.80. The molecule has 1 heterocycles. The minimum absolute atomic E-state index is 0.0805.